The fraction of sp³-hybridized carbons (Fsp3) is 0.800. The van der Waals surface area contributed by atoms with Gasteiger partial charge >= 0.3 is 5.97 Å². The van der Waals surface area contributed by atoms with Crippen molar-refractivity contribution in [3.05, 3.63) is 0 Å². The van der Waals surface area contributed by atoms with Crippen molar-refractivity contribution in [1.29, 1.82) is 0 Å². The molecule has 0 saturated carbocycles. The molecule has 0 aromatic heterocycles. The minimum atomic E-state index is -0.911. The summed E-state index contributed by atoms with van der Waals surface area (Å²) < 4.78 is 5.31. The predicted molar refractivity (Wildman–Crippen MR) is 51.2 cm³/mol. The fourth-order valence-electron chi connectivity index (χ4n) is 2.26. The van der Waals surface area contributed by atoms with E-state index in [4.69, 9.17) is 9.84 Å². The van der Waals surface area contributed by atoms with Crippen molar-refractivity contribution in [2.24, 2.45) is 11.8 Å². The number of likely N-dealkylation sites (tertiary alicyclic amines) is 1. The lowest BCUT2D eigenvalue weighted by atomic mass is 10.0. The summed E-state index contributed by atoms with van der Waals surface area (Å²) in [6.45, 7) is 2.97. The number of carbonyl (C=O) groups excluding carboxylic acids is 1. The predicted octanol–water partition coefficient (Wildman–Crippen LogP) is -0.0440. The maximum atomic E-state index is 11.6. The van der Waals surface area contributed by atoms with Crippen molar-refractivity contribution in [2.45, 2.75) is 12.8 Å². The molecule has 0 aromatic carbocycles. The molecule has 0 spiro atoms. The van der Waals surface area contributed by atoms with E-state index in [9.17, 15) is 9.59 Å². The highest BCUT2D eigenvalue weighted by molar-refractivity contribution is 5.80. The number of carboxylic acids is 1. The Labute approximate surface area is 88.0 Å². The van der Waals surface area contributed by atoms with Gasteiger partial charge in [0.25, 0.3) is 0 Å². The summed E-state index contributed by atoms with van der Waals surface area (Å²) in [6, 6.07) is 0. The second kappa shape index (κ2) is 4.18. The van der Waals surface area contributed by atoms with E-state index in [1.807, 2.05) is 0 Å². The van der Waals surface area contributed by atoms with Gasteiger partial charge in [0, 0.05) is 31.3 Å². The van der Waals surface area contributed by atoms with Gasteiger partial charge in [-0.15, -0.1) is 0 Å². The Morgan fingerprint density at radius 1 is 1.20 bits per heavy atom. The van der Waals surface area contributed by atoms with Crippen LogP contribution < -0.4 is 0 Å². The maximum Gasteiger partial charge on any atom is 0.303 e. The number of hydrogen-bond acceptors (Lipinski definition) is 3. The van der Waals surface area contributed by atoms with Gasteiger partial charge in [0.1, 0.15) is 0 Å². The van der Waals surface area contributed by atoms with Crippen LogP contribution in [0, 0.1) is 11.8 Å². The van der Waals surface area contributed by atoms with Crippen LogP contribution in [0.3, 0.4) is 0 Å². The van der Waals surface area contributed by atoms with Crippen molar-refractivity contribution in [3.8, 4) is 0 Å². The molecule has 0 aromatic rings. The maximum absolute atomic E-state index is 11.6. The molecule has 0 unspecified atom stereocenters. The Morgan fingerprint density at radius 2 is 1.80 bits per heavy atom. The standard InChI is InChI=1S/C10H15NO4/c12-9(1-2-10(13)14)11-3-7-5-15-6-8(7)4-11/h7-8H,1-6H2,(H,13,14)/t7-,8-/m1/s1. The van der Waals surface area contributed by atoms with Gasteiger partial charge in [0.15, 0.2) is 0 Å². The summed E-state index contributed by atoms with van der Waals surface area (Å²) in [7, 11) is 0. The number of nitrogens with zero attached hydrogens (tertiary/aromatic N) is 1. The highest BCUT2D eigenvalue weighted by Gasteiger charge is 2.38. The molecule has 0 bridgehead atoms. The molecule has 15 heavy (non-hydrogen) atoms. The highest BCUT2D eigenvalue weighted by Crippen LogP contribution is 2.29. The summed E-state index contributed by atoms with van der Waals surface area (Å²) in [5.74, 6) is -0.00423. The zero-order valence-electron chi connectivity index (χ0n) is 8.52. The lowest BCUT2D eigenvalue weighted by Crippen LogP contribution is -2.30. The lowest BCUT2D eigenvalue weighted by Gasteiger charge is -2.16. The van der Waals surface area contributed by atoms with Crippen LogP contribution in [0.15, 0.2) is 0 Å². The number of fused-ring (bicyclic) bond motifs is 1. The Morgan fingerprint density at radius 3 is 2.33 bits per heavy atom. The molecule has 2 aliphatic heterocycles. The van der Waals surface area contributed by atoms with Gasteiger partial charge in [-0.05, 0) is 0 Å². The topological polar surface area (TPSA) is 66.8 Å². The third-order valence-electron chi connectivity index (χ3n) is 3.15. The second-order valence-corrected chi connectivity index (χ2v) is 4.25. The van der Waals surface area contributed by atoms with Gasteiger partial charge < -0.3 is 14.7 Å². The van der Waals surface area contributed by atoms with E-state index >= 15 is 0 Å². The summed E-state index contributed by atoms with van der Waals surface area (Å²) in [5.41, 5.74) is 0. The molecule has 2 atom stereocenters. The number of carbonyl (C=O) groups is 2. The van der Waals surface area contributed by atoms with Crippen LogP contribution in [0.5, 0.6) is 0 Å². The zero-order valence-corrected chi connectivity index (χ0v) is 8.52. The van der Waals surface area contributed by atoms with Crippen molar-refractivity contribution >= 4 is 11.9 Å². The Balaban J connectivity index is 1.80. The average Bonchev–Trinajstić information content (AvgIpc) is 2.72. The molecule has 1 N–H and O–H groups in total. The number of carboxylic acid groups (broad SMARTS) is 1. The molecule has 2 saturated heterocycles. The van der Waals surface area contributed by atoms with Crippen LogP contribution in [0.25, 0.3) is 0 Å². The molecule has 1 amide bonds. The number of amides is 1. The highest BCUT2D eigenvalue weighted by atomic mass is 16.5. The van der Waals surface area contributed by atoms with Crippen molar-refractivity contribution in [1.82, 2.24) is 4.90 Å². The Hall–Kier alpha value is -1.10. The van der Waals surface area contributed by atoms with Gasteiger partial charge in [-0.2, -0.15) is 0 Å². The molecule has 0 aliphatic carbocycles. The van der Waals surface area contributed by atoms with Crippen LogP contribution in [0.4, 0.5) is 0 Å². The van der Waals surface area contributed by atoms with Gasteiger partial charge in [-0.1, -0.05) is 0 Å². The number of aliphatic carboxylic acids is 1. The number of hydrogen-bond donors (Lipinski definition) is 1. The van der Waals surface area contributed by atoms with Crippen molar-refractivity contribution in [2.75, 3.05) is 26.3 Å². The molecule has 0 radical (unpaired) electrons. The largest absolute Gasteiger partial charge is 0.481 e. The first kappa shape index (κ1) is 10.4. The summed E-state index contributed by atoms with van der Waals surface area (Å²) >= 11 is 0. The monoisotopic (exact) mass is 213 g/mol. The molecular weight excluding hydrogens is 198 g/mol. The zero-order chi connectivity index (χ0) is 10.8. The normalized spacial score (nSPS) is 29.2. The third kappa shape index (κ3) is 2.28. The SMILES string of the molecule is O=C(O)CCC(=O)N1C[C@@H]2COC[C@H]2C1. The molecule has 84 valence electrons. The van der Waals surface area contributed by atoms with Crippen molar-refractivity contribution < 1.29 is 19.4 Å². The van der Waals surface area contributed by atoms with Crippen LogP contribution in [-0.2, 0) is 14.3 Å². The smallest absolute Gasteiger partial charge is 0.303 e. The fourth-order valence-corrected chi connectivity index (χ4v) is 2.26. The molecule has 2 fully saturated rings. The van der Waals surface area contributed by atoms with Crippen LogP contribution in [-0.4, -0.2) is 48.2 Å². The van der Waals surface area contributed by atoms with Crippen molar-refractivity contribution in [3.63, 3.8) is 0 Å². The molecule has 5 heteroatoms. The molecule has 2 rings (SSSR count). The van der Waals surface area contributed by atoms with E-state index in [-0.39, 0.29) is 18.7 Å². The van der Waals surface area contributed by atoms with E-state index in [0.717, 1.165) is 26.3 Å². The van der Waals surface area contributed by atoms with Crippen LogP contribution in [0.1, 0.15) is 12.8 Å². The number of rotatable bonds is 3. The Kier molecular flexibility index (Phi) is 2.90. The second-order valence-electron chi connectivity index (χ2n) is 4.25. The van der Waals surface area contributed by atoms with Gasteiger partial charge in [-0.25, -0.2) is 0 Å². The van der Waals surface area contributed by atoms with E-state index in [1.165, 1.54) is 0 Å². The van der Waals surface area contributed by atoms with Gasteiger partial charge in [-0.3, -0.25) is 9.59 Å². The summed E-state index contributed by atoms with van der Waals surface area (Å²) in [6.07, 6.45) is 0.0524. The van der Waals surface area contributed by atoms with E-state index in [1.54, 1.807) is 4.90 Å². The van der Waals surface area contributed by atoms with E-state index < -0.39 is 5.97 Å². The van der Waals surface area contributed by atoms with E-state index in [0.29, 0.717) is 11.8 Å². The first-order valence-electron chi connectivity index (χ1n) is 5.24. The minimum Gasteiger partial charge on any atom is -0.481 e. The molecule has 2 aliphatic rings. The summed E-state index contributed by atoms with van der Waals surface area (Å²) in [4.78, 5) is 23.7. The quantitative estimate of drug-likeness (QED) is 0.714. The Bertz CT molecular complexity index is 267. The molecular formula is C10H15NO4. The van der Waals surface area contributed by atoms with Gasteiger partial charge in [0.05, 0.1) is 19.6 Å². The molecule has 2 heterocycles. The van der Waals surface area contributed by atoms with E-state index in [2.05, 4.69) is 0 Å². The summed E-state index contributed by atoms with van der Waals surface area (Å²) in [5, 5.41) is 8.48. The van der Waals surface area contributed by atoms with Gasteiger partial charge in [0.2, 0.25) is 5.91 Å². The average molecular weight is 213 g/mol. The third-order valence-corrected chi connectivity index (χ3v) is 3.15. The van der Waals surface area contributed by atoms with Crippen LogP contribution >= 0.6 is 0 Å². The molecule has 5 nitrogen and oxygen atoms in total. The first-order chi connectivity index (χ1) is 7.16. The minimum absolute atomic E-state index is 0.0354. The lowest BCUT2D eigenvalue weighted by molar-refractivity contribution is -0.140. The van der Waals surface area contributed by atoms with Crippen LogP contribution in [0.2, 0.25) is 0 Å². The number of ether oxygens (including phenoxy) is 1. The first-order valence-corrected chi connectivity index (χ1v) is 5.24.